The summed E-state index contributed by atoms with van der Waals surface area (Å²) < 4.78 is 5.97. The van der Waals surface area contributed by atoms with Crippen LogP contribution in [-0.2, 0) is 4.74 Å². The molecule has 1 rings (SSSR count). The smallest absolute Gasteiger partial charge is 0.0963 e. The van der Waals surface area contributed by atoms with Crippen molar-refractivity contribution in [2.45, 2.75) is 78.7 Å². The van der Waals surface area contributed by atoms with E-state index in [0.29, 0.717) is 17.4 Å². The Morgan fingerprint density at radius 2 is 1.84 bits per heavy atom. The predicted octanol–water partition coefficient (Wildman–Crippen LogP) is 4.10. The molecule has 0 saturated heterocycles. The molecule has 0 heterocycles. The second-order valence-corrected chi connectivity index (χ2v) is 7.49. The van der Waals surface area contributed by atoms with Gasteiger partial charge in [0.25, 0.3) is 0 Å². The van der Waals surface area contributed by atoms with Gasteiger partial charge in [-0.05, 0) is 43.9 Å². The first-order valence-electron chi connectivity index (χ1n) is 7.69. The zero-order valence-corrected chi connectivity index (χ0v) is 13.2. The van der Waals surface area contributed by atoms with Crippen molar-refractivity contribution in [3.63, 3.8) is 0 Å². The quantitative estimate of drug-likeness (QED) is 0.415. The van der Waals surface area contributed by atoms with Gasteiger partial charge in [-0.15, -0.1) is 0 Å². The van der Waals surface area contributed by atoms with Crippen LogP contribution in [0.4, 0.5) is 0 Å². The van der Waals surface area contributed by atoms with Gasteiger partial charge in [0.05, 0.1) is 11.9 Å². The van der Waals surface area contributed by atoms with Gasteiger partial charge in [0, 0.05) is 12.0 Å². The number of nitrogens with two attached hydrogens (primary N) is 1. The summed E-state index contributed by atoms with van der Waals surface area (Å²) in [7, 11) is 0. The summed E-state index contributed by atoms with van der Waals surface area (Å²) in [6, 6.07) is 0. The van der Waals surface area contributed by atoms with Crippen molar-refractivity contribution in [3.05, 3.63) is 0 Å². The van der Waals surface area contributed by atoms with Crippen molar-refractivity contribution in [2.24, 2.45) is 16.6 Å². The molecule has 3 N–H and O–H groups in total. The highest BCUT2D eigenvalue weighted by atomic mass is 16.5. The van der Waals surface area contributed by atoms with Gasteiger partial charge in [0.15, 0.2) is 0 Å². The summed E-state index contributed by atoms with van der Waals surface area (Å²) in [5.74, 6) is 0.294. The van der Waals surface area contributed by atoms with Crippen molar-refractivity contribution < 1.29 is 4.74 Å². The summed E-state index contributed by atoms with van der Waals surface area (Å²) in [6.45, 7) is 9.65. The van der Waals surface area contributed by atoms with Crippen LogP contribution >= 0.6 is 0 Å². The first kappa shape index (κ1) is 16.5. The van der Waals surface area contributed by atoms with Crippen LogP contribution in [0.15, 0.2) is 0 Å². The monoisotopic (exact) mass is 268 g/mol. The Kier molecular flexibility index (Phi) is 5.84. The SMILES string of the molecule is CC1(C)CCC(OCCCCC(C)(C)C(=N)N)CC1. The molecule has 3 heteroatoms. The van der Waals surface area contributed by atoms with E-state index in [0.717, 1.165) is 25.9 Å². The van der Waals surface area contributed by atoms with E-state index in [4.69, 9.17) is 15.9 Å². The minimum Gasteiger partial charge on any atom is -0.387 e. The number of nitrogens with one attached hydrogen (secondary N) is 1. The van der Waals surface area contributed by atoms with Crippen LogP contribution in [0.5, 0.6) is 0 Å². The van der Waals surface area contributed by atoms with E-state index in [1.54, 1.807) is 0 Å². The molecular formula is C16H32N2O. The number of rotatable bonds is 7. The third kappa shape index (κ3) is 5.94. The lowest BCUT2D eigenvalue weighted by atomic mass is 9.76. The van der Waals surface area contributed by atoms with Crippen molar-refractivity contribution in [3.8, 4) is 0 Å². The number of unbranched alkanes of at least 4 members (excludes halogenated alkanes) is 1. The molecule has 1 aliphatic rings. The van der Waals surface area contributed by atoms with Gasteiger partial charge in [-0.2, -0.15) is 0 Å². The number of ether oxygens (including phenoxy) is 1. The molecule has 0 atom stereocenters. The van der Waals surface area contributed by atoms with Crippen molar-refractivity contribution >= 4 is 5.84 Å². The minimum atomic E-state index is -0.158. The number of amidine groups is 1. The van der Waals surface area contributed by atoms with E-state index in [1.165, 1.54) is 25.7 Å². The summed E-state index contributed by atoms with van der Waals surface area (Å²) in [5, 5.41) is 7.52. The maximum Gasteiger partial charge on any atom is 0.0963 e. The summed E-state index contributed by atoms with van der Waals surface area (Å²) in [6.07, 6.45) is 8.63. The lowest BCUT2D eigenvalue weighted by Gasteiger charge is -2.34. The largest absolute Gasteiger partial charge is 0.387 e. The molecular weight excluding hydrogens is 236 g/mol. The highest BCUT2D eigenvalue weighted by Gasteiger charge is 2.27. The average molecular weight is 268 g/mol. The van der Waals surface area contributed by atoms with Crippen LogP contribution in [-0.4, -0.2) is 18.5 Å². The second-order valence-electron chi connectivity index (χ2n) is 7.49. The average Bonchev–Trinajstić information content (AvgIpc) is 2.30. The highest BCUT2D eigenvalue weighted by molar-refractivity contribution is 5.82. The molecule has 0 bridgehead atoms. The molecule has 0 aromatic carbocycles. The second kappa shape index (κ2) is 6.74. The Morgan fingerprint density at radius 1 is 1.26 bits per heavy atom. The van der Waals surface area contributed by atoms with E-state index in [-0.39, 0.29) is 5.41 Å². The van der Waals surface area contributed by atoms with Gasteiger partial charge < -0.3 is 10.5 Å². The molecule has 3 nitrogen and oxygen atoms in total. The first-order valence-corrected chi connectivity index (χ1v) is 7.69. The fraction of sp³-hybridized carbons (Fsp3) is 0.938. The molecule has 0 aliphatic heterocycles. The Balaban J connectivity index is 2.08. The molecule has 1 fully saturated rings. The Labute approximate surface area is 118 Å². The standard InChI is InChI=1S/C16H32N2O/c1-15(2)10-7-13(8-11-15)19-12-6-5-9-16(3,4)14(17)18/h13H,5-12H2,1-4H3,(H3,17,18). The normalized spacial score (nSPS) is 20.4. The molecule has 0 radical (unpaired) electrons. The van der Waals surface area contributed by atoms with Crippen LogP contribution in [0.1, 0.15) is 72.6 Å². The molecule has 0 amide bonds. The van der Waals surface area contributed by atoms with E-state index < -0.39 is 0 Å². The fourth-order valence-electron chi connectivity index (χ4n) is 2.59. The Bertz CT molecular complexity index is 287. The van der Waals surface area contributed by atoms with Crippen LogP contribution in [0, 0.1) is 16.2 Å². The molecule has 0 unspecified atom stereocenters. The fourth-order valence-corrected chi connectivity index (χ4v) is 2.59. The molecule has 19 heavy (non-hydrogen) atoms. The number of hydrogen-bond acceptors (Lipinski definition) is 2. The van der Waals surface area contributed by atoms with Crippen molar-refractivity contribution in [1.82, 2.24) is 0 Å². The maximum atomic E-state index is 7.52. The molecule has 1 aliphatic carbocycles. The molecule has 0 aromatic rings. The van der Waals surface area contributed by atoms with Crippen molar-refractivity contribution in [1.29, 1.82) is 5.41 Å². The molecule has 0 spiro atoms. The van der Waals surface area contributed by atoms with Gasteiger partial charge >= 0.3 is 0 Å². The molecule has 112 valence electrons. The number of hydrogen-bond donors (Lipinski definition) is 2. The van der Waals surface area contributed by atoms with Gasteiger partial charge in [-0.1, -0.05) is 34.1 Å². The van der Waals surface area contributed by atoms with Crippen LogP contribution in [0.2, 0.25) is 0 Å². The minimum absolute atomic E-state index is 0.158. The zero-order chi connectivity index (χ0) is 14.5. The van der Waals surface area contributed by atoms with E-state index >= 15 is 0 Å². The van der Waals surface area contributed by atoms with E-state index in [1.807, 2.05) is 13.8 Å². The first-order chi connectivity index (χ1) is 8.73. The van der Waals surface area contributed by atoms with Gasteiger partial charge in [0.2, 0.25) is 0 Å². The Morgan fingerprint density at radius 3 is 2.37 bits per heavy atom. The summed E-state index contributed by atoms with van der Waals surface area (Å²) in [4.78, 5) is 0. The van der Waals surface area contributed by atoms with Crippen LogP contribution in [0.3, 0.4) is 0 Å². The highest BCUT2D eigenvalue weighted by Crippen LogP contribution is 2.36. The van der Waals surface area contributed by atoms with Crippen LogP contribution < -0.4 is 5.73 Å². The molecule has 1 saturated carbocycles. The van der Waals surface area contributed by atoms with Crippen LogP contribution in [0.25, 0.3) is 0 Å². The van der Waals surface area contributed by atoms with E-state index in [9.17, 15) is 0 Å². The third-order valence-corrected chi connectivity index (χ3v) is 4.56. The summed E-state index contributed by atoms with van der Waals surface area (Å²) >= 11 is 0. The van der Waals surface area contributed by atoms with Gasteiger partial charge in [0.1, 0.15) is 0 Å². The Hall–Kier alpha value is -0.570. The summed E-state index contributed by atoms with van der Waals surface area (Å²) in [5.41, 5.74) is 5.94. The van der Waals surface area contributed by atoms with Gasteiger partial charge in [-0.3, -0.25) is 5.41 Å². The topological polar surface area (TPSA) is 59.1 Å². The zero-order valence-electron chi connectivity index (χ0n) is 13.2. The lowest BCUT2D eigenvalue weighted by molar-refractivity contribution is 0.00239. The van der Waals surface area contributed by atoms with Gasteiger partial charge in [-0.25, -0.2) is 0 Å². The lowest BCUT2D eigenvalue weighted by Crippen LogP contribution is -2.30. The molecule has 0 aromatic heterocycles. The predicted molar refractivity (Wildman–Crippen MR) is 81.5 cm³/mol. The maximum absolute atomic E-state index is 7.52. The van der Waals surface area contributed by atoms with Crippen molar-refractivity contribution in [2.75, 3.05) is 6.61 Å². The van der Waals surface area contributed by atoms with E-state index in [2.05, 4.69) is 13.8 Å². The third-order valence-electron chi connectivity index (χ3n) is 4.56.